The molecule has 0 bridgehead atoms. The zero-order chi connectivity index (χ0) is 23.1. The molecule has 1 aliphatic carbocycles. The number of para-hydroxylation sites is 1. The van der Waals surface area contributed by atoms with E-state index in [0.29, 0.717) is 5.56 Å². The number of aromatic nitrogens is 1. The number of hydrogen-bond donors (Lipinski definition) is 0. The van der Waals surface area contributed by atoms with Crippen LogP contribution in [0.1, 0.15) is 32.7 Å². The summed E-state index contributed by atoms with van der Waals surface area (Å²) in [5.74, 6) is 0.00884. The highest BCUT2D eigenvalue weighted by molar-refractivity contribution is 6.30. The molecule has 0 N–H and O–H groups in total. The van der Waals surface area contributed by atoms with Crippen molar-refractivity contribution in [2.45, 2.75) is 0 Å². The maximum Gasteiger partial charge on any atom is 0.186 e. The first kappa shape index (κ1) is 20.2. The van der Waals surface area contributed by atoms with Gasteiger partial charge in [-0.3, -0.25) is 4.79 Å². The number of rotatable bonds is 4. The quantitative estimate of drug-likeness (QED) is 0.212. The van der Waals surface area contributed by atoms with Gasteiger partial charge in [0.25, 0.3) is 0 Å². The molecule has 5 aromatic rings. The van der Waals surface area contributed by atoms with Crippen molar-refractivity contribution in [2.75, 3.05) is 0 Å². The minimum absolute atomic E-state index is 0.00884. The van der Waals surface area contributed by atoms with E-state index in [9.17, 15) is 4.79 Å². The van der Waals surface area contributed by atoms with Crippen LogP contribution in [-0.2, 0) is 7.05 Å². The van der Waals surface area contributed by atoms with Crippen LogP contribution < -0.4 is 0 Å². The number of benzene rings is 4. The highest BCUT2D eigenvalue weighted by Crippen LogP contribution is 2.52. The standard InChI is InChI=1S/C32H23NO/c1-33-27-20-12-11-19-25(27)31-30(24-17-9-4-10-18-24)29(23-15-7-3-8-16-23)26(32(31)33)21-28(34)22-13-5-2-6-14-22/h2-21H,1H3/b26-21-. The molecular weight excluding hydrogens is 414 g/mol. The second-order valence-electron chi connectivity index (χ2n) is 8.57. The van der Waals surface area contributed by atoms with Crippen molar-refractivity contribution in [1.82, 2.24) is 4.57 Å². The van der Waals surface area contributed by atoms with Crippen molar-refractivity contribution in [3.8, 4) is 0 Å². The Labute approximate surface area is 199 Å². The predicted molar refractivity (Wildman–Crippen MR) is 140 cm³/mol. The summed E-state index contributed by atoms with van der Waals surface area (Å²) in [5, 5.41) is 1.20. The summed E-state index contributed by atoms with van der Waals surface area (Å²) >= 11 is 0. The van der Waals surface area contributed by atoms with Gasteiger partial charge in [-0.2, -0.15) is 0 Å². The highest BCUT2D eigenvalue weighted by Gasteiger charge is 2.33. The first-order valence-corrected chi connectivity index (χ1v) is 11.5. The average Bonchev–Trinajstić information content (AvgIpc) is 3.38. The number of allylic oxidation sites excluding steroid dienone is 3. The Morgan fingerprint density at radius 1 is 0.647 bits per heavy atom. The number of nitrogens with zero attached hydrogens (tertiary/aromatic N) is 1. The van der Waals surface area contributed by atoms with Gasteiger partial charge in [0.1, 0.15) is 0 Å². The van der Waals surface area contributed by atoms with Crippen molar-refractivity contribution < 1.29 is 4.79 Å². The van der Waals surface area contributed by atoms with Gasteiger partial charge in [0.2, 0.25) is 0 Å². The Morgan fingerprint density at radius 3 is 1.82 bits per heavy atom. The molecule has 1 heterocycles. The van der Waals surface area contributed by atoms with E-state index in [-0.39, 0.29) is 5.78 Å². The molecular formula is C32H23NO. The number of fused-ring (bicyclic) bond motifs is 3. The van der Waals surface area contributed by atoms with Gasteiger partial charge in [-0.25, -0.2) is 0 Å². The molecule has 0 saturated carbocycles. The van der Waals surface area contributed by atoms with Crippen LogP contribution in [0.15, 0.2) is 121 Å². The second-order valence-corrected chi connectivity index (χ2v) is 8.57. The zero-order valence-electron chi connectivity index (χ0n) is 18.9. The molecule has 0 aliphatic heterocycles. The fourth-order valence-electron chi connectivity index (χ4n) is 5.10. The smallest absolute Gasteiger partial charge is 0.186 e. The van der Waals surface area contributed by atoms with Crippen LogP contribution in [0.5, 0.6) is 0 Å². The van der Waals surface area contributed by atoms with Crippen LogP contribution in [0.25, 0.3) is 27.6 Å². The molecule has 0 radical (unpaired) electrons. The summed E-state index contributed by atoms with van der Waals surface area (Å²) in [6, 6.07) is 38.9. The number of ketones is 1. The third-order valence-electron chi connectivity index (χ3n) is 6.59. The predicted octanol–water partition coefficient (Wildman–Crippen LogP) is 7.42. The molecule has 1 aliphatic rings. The number of hydrogen-bond acceptors (Lipinski definition) is 1. The Morgan fingerprint density at radius 2 is 1.18 bits per heavy atom. The molecule has 0 atom stereocenters. The van der Waals surface area contributed by atoms with Gasteiger partial charge in [0.05, 0.1) is 5.69 Å². The number of aryl methyl sites for hydroxylation is 1. The first-order valence-electron chi connectivity index (χ1n) is 11.5. The van der Waals surface area contributed by atoms with Crippen molar-refractivity contribution in [2.24, 2.45) is 7.05 Å². The lowest BCUT2D eigenvalue weighted by atomic mass is 9.91. The lowest BCUT2D eigenvalue weighted by Crippen LogP contribution is -2.00. The Balaban J connectivity index is 1.73. The van der Waals surface area contributed by atoms with Crippen LogP contribution in [0.2, 0.25) is 0 Å². The first-order chi connectivity index (χ1) is 16.7. The summed E-state index contributed by atoms with van der Waals surface area (Å²) in [7, 11) is 2.10. The van der Waals surface area contributed by atoms with Gasteiger partial charge >= 0.3 is 0 Å². The van der Waals surface area contributed by atoms with E-state index in [4.69, 9.17) is 0 Å². The SMILES string of the molecule is Cn1c2c(c3ccccc31)C(c1ccccc1)=C(c1ccccc1)/C2=C/C(=O)c1ccccc1. The van der Waals surface area contributed by atoms with Crippen molar-refractivity contribution in [3.05, 3.63) is 149 Å². The molecule has 2 nitrogen and oxygen atoms in total. The topological polar surface area (TPSA) is 22.0 Å². The van der Waals surface area contributed by atoms with Crippen LogP contribution in [-0.4, -0.2) is 10.4 Å². The average molecular weight is 438 g/mol. The summed E-state index contributed by atoms with van der Waals surface area (Å²) in [6.07, 6.45) is 1.82. The lowest BCUT2D eigenvalue weighted by molar-refractivity contribution is 0.104. The minimum Gasteiger partial charge on any atom is -0.343 e. The Kier molecular flexibility index (Phi) is 4.85. The van der Waals surface area contributed by atoms with E-state index in [1.54, 1.807) is 0 Å². The fourth-order valence-corrected chi connectivity index (χ4v) is 5.10. The van der Waals surface area contributed by atoms with E-state index < -0.39 is 0 Å². The van der Waals surface area contributed by atoms with E-state index >= 15 is 0 Å². The second kappa shape index (κ2) is 8.17. The summed E-state index contributed by atoms with van der Waals surface area (Å²) in [6.45, 7) is 0. The van der Waals surface area contributed by atoms with Gasteiger partial charge in [0, 0.05) is 40.2 Å². The van der Waals surface area contributed by atoms with E-state index in [1.165, 1.54) is 16.5 Å². The van der Waals surface area contributed by atoms with Gasteiger partial charge in [0.15, 0.2) is 5.78 Å². The largest absolute Gasteiger partial charge is 0.343 e. The molecule has 0 amide bonds. The summed E-state index contributed by atoms with van der Waals surface area (Å²) < 4.78 is 2.23. The van der Waals surface area contributed by atoms with Crippen LogP contribution in [0.4, 0.5) is 0 Å². The maximum atomic E-state index is 13.4. The van der Waals surface area contributed by atoms with E-state index in [1.807, 2.05) is 48.5 Å². The highest BCUT2D eigenvalue weighted by atomic mass is 16.1. The molecule has 0 spiro atoms. The van der Waals surface area contributed by atoms with Crippen molar-refractivity contribution >= 4 is 33.4 Å². The molecule has 0 fully saturated rings. The molecule has 6 rings (SSSR count). The lowest BCUT2D eigenvalue weighted by Gasteiger charge is -2.13. The number of carbonyl (C=O) groups is 1. The summed E-state index contributed by atoms with van der Waals surface area (Å²) in [5.41, 5.74) is 9.62. The van der Waals surface area contributed by atoms with Gasteiger partial charge in [-0.05, 0) is 28.8 Å². The van der Waals surface area contributed by atoms with Crippen LogP contribution in [0, 0.1) is 0 Å². The summed E-state index contributed by atoms with van der Waals surface area (Å²) in [4.78, 5) is 13.4. The van der Waals surface area contributed by atoms with Crippen molar-refractivity contribution in [1.29, 1.82) is 0 Å². The Hall–Kier alpha value is -4.43. The normalized spacial score (nSPS) is 14.1. The van der Waals surface area contributed by atoms with E-state index in [0.717, 1.165) is 33.5 Å². The van der Waals surface area contributed by atoms with Gasteiger partial charge < -0.3 is 4.57 Å². The van der Waals surface area contributed by atoms with E-state index in [2.05, 4.69) is 84.4 Å². The molecule has 162 valence electrons. The minimum atomic E-state index is 0.00884. The fraction of sp³-hybridized carbons (Fsp3) is 0.0312. The van der Waals surface area contributed by atoms with Crippen LogP contribution in [0.3, 0.4) is 0 Å². The molecule has 2 heteroatoms. The molecule has 34 heavy (non-hydrogen) atoms. The van der Waals surface area contributed by atoms with Gasteiger partial charge in [-0.15, -0.1) is 0 Å². The Bertz CT molecular complexity index is 1590. The molecule has 1 aromatic heterocycles. The number of carbonyl (C=O) groups excluding carboxylic acids is 1. The third kappa shape index (κ3) is 3.15. The molecule has 0 unspecified atom stereocenters. The maximum absolute atomic E-state index is 13.4. The monoisotopic (exact) mass is 437 g/mol. The van der Waals surface area contributed by atoms with Crippen LogP contribution >= 0.6 is 0 Å². The molecule has 0 saturated heterocycles. The zero-order valence-corrected chi connectivity index (χ0v) is 18.9. The van der Waals surface area contributed by atoms with Crippen molar-refractivity contribution in [3.63, 3.8) is 0 Å². The molecule has 4 aromatic carbocycles. The third-order valence-corrected chi connectivity index (χ3v) is 6.59. The van der Waals surface area contributed by atoms with Gasteiger partial charge in [-0.1, -0.05) is 109 Å².